The summed E-state index contributed by atoms with van der Waals surface area (Å²) in [7, 11) is 0. The molecular weight excluding hydrogens is 310 g/mol. The van der Waals surface area contributed by atoms with Crippen LogP contribution < -0.4 is 0 Å². The van der Waals surface area contributed by atoms with Crippen LogP contribution in [0, 0.1) is 17.3 Å². The van der Waals surface area contributed by atoms with Crippen LogP contribution in [0.3, 0.4) is 0 Å². The third-order valence-electron chi connectivity index (χ3n) is 4.35. The highest BCUT2D eigenvalue weighted by Crippen LogP contribution is 2.64. The molecule has 2 rings (SSSR count). The van der Waals surface area contributed by atoms with Gasteiger partial charge in [0, 0.05) is 5.02 Å². The van der Waals surface area contributed by atoms with Crippen LogP contribution >= 0.6 is 46.4 Å². The number of hydrogen-bond donors (Lipinski definition) is 0. The molecule has 4 heteroatoms. The number of hydrogen-bond acceptors (Lipinski definition) is 0. The Bertz CT molecular complexity index is 436. The van der Waals surface area contributed by atoms with Crippen molar-refractivity contribution in [3.05, 3.63) is 34.9 Å². The molecule has 0 radical (unpaired) electrons. The van der Waals surface area contributed by atoms with Gasteiger partial charge in [-0.05, 0) is 34.9 Å². The van der Waals surface area contributed by atoms with Crippen LogP contribution in [0.4, 0.5) is 0 Å². The third-order valence-corrected chi connectivity index (χ3v) is 6.33. The molecule has 3 atom stereocenters. The fourth-order valence-electron chi connectivity index (χ4n) is 2.63. The summed E-state index contributed by atoms with van der Waals surface area (Å²) in [6, 6.07) is 7.22. The van der Waals surface area contributed by atoms with Crippen molar-refractivity contribution in [2.24, 2.45) is 17.3 Å². The second-order valence-corrected chi connectivity index (χ2v) is 7.96. The minimum Gasteiger partial charge on any atom is -0.119 e. The minimum atomic E-state index is -1.08. The first-order valence-corrected chi connectivity index (χ1v) is 7.54. The highest BCUT2D eigenvalue weighted by molar-refractivity contribution is 6.52. The lowest BCUT2D eigenvalue weighted by atomic mass is 10.0. The van der Waals surface area contributed by atoms with Gasteiger partial charge in [0.25, 0.3) is 0 Å². The van der Waals surface area contributed by atoms with Crippen molar-refractivity contribution in [2.45, 2.75) is 30.5 Å². The fraction of sp³-hybridized carbons (Fsp3) is 0.571. The Morgan fingerprint density at radius 3 is 2.00 bits per heavy atom. The summed E-state index contributed by atoms with van der Waals surface area (Å²) < 4.78 is -1.08. The predicted octanol–water partition coefficient (Wildman–Crippen LogP) is 5.87. The lowest BCUT2D eigenvalue weighted by Gasteiger charge is -2.27. The Morgan fingerprint density at radius 2 is 1.61 bits per heavy atom. The summed E-state index contributed by atoms with van der Waals surface area (Å²) in [6.45, 7) is 6.58. The van der Waals surface area contributed by atoms with Crippen molar-refractivity contribution in [2.75, 3.05) is 0 Å². The van der Waals surface area contributed by atoms with Crippen LogP contribution in [0.1, 0.15) is 26.3 Å². The van der Waals surface area contributed by atoms with Crippen molar-refractivity contribution >= 4 is 46.4 Å². The lowest BCUT2D eigenvalue weighted by Crippen LogP contribution is -2.27. The number of alkyl halides is 3. The van der Waals surface area contributed by atoms with E-state index in [1.807, 2.05) is 12.1 Å². The van der Waals surface area contributed by atoms with Crippen LogP contribution in [0.15, 0.2) is 24.3 Å². The van der Waals surface area contributed by atoms with Gasteiger partial charge < -0.3 is 0 Å². The average Bonchev–Trinajstić information content (AvgIpc) is 2.77. The lowest BCUT2D eigenvalue weighted by molar-refractivity contribution is 0.514. The van der Waals surface area contributed by atoms with E-state index in [2.05, 4.69) is 20.8 Å². The SMILES string of the molecule is C[C@@H]1[C@@H](C(Cl)C(Cl)(Cl)c2ccc(Cl)cc2)C1(C)C. The molecule has 1 aromatic carbocycles. The van der Waals surface area contributed by atoms with Gasteiger partial charge in [-0.3, -0.25) is 0 Å². The van der Waals surface area contributed by atoms with E-state index in [1.54, 1.807) is 12.1 Å². The normalized spacial score (nSPS) is 27.9. The smallest absolute Gasteiger partial charge is 0.119 e. The van der Waals surface area contributed by atoms with Crippen LogP contribution in [0.2, 0.25) is 5.02 Å². The van der Waals surface area contributed by atoms with Gasteiger partial charge in [0.15, 0.2) is 4.33 Å². The maximum Gasteiger partial charge on any atom is 0.159 e. The Hall–Kier alpha value is 0.380. The van der Waals surface area contributed by atoms with Crippen LogP contribution in [-0.4, -0.2) is 5.38 Å². The molecule has 0 nitrogen and oxygen atoms in total. The Labute approximate surface area is 129 Å². The monoisotopic (exact) mass is 324 g/mol. The van der Waals surface area contributed by atoms with Crippen molar-refractivity contribution in [3.63, 3.8) is 0 Å². The minimum absolute atomic E-state index is 0.202. The molecule has 100 valence electrons. The molecule has 0 saturated heterocycles. The number of halogens is 4. The molecule has 1 saturated carbocycles. The van der Waals surface area contributed by atoms with E-state index < -0.39 is 4.33 Å². The molecule has 1 aliphatic rings. The summed E-state index contributed by atoms with van der Waals surface area (Å²) in [4.78, 5) is 0. The summed E-state index contributed by atoms with van der Waals surface area (Å²) in [5, 5.41) is 0.348. The van der Waals surface area contributed by atoms with Gasteiger partial charge in [-0.1, -0.05) is 67.7 Å². The molecule has 0 aromatic heterocycles. The van der Waals surface area contributed by atoms with Crippen LogP contribution in [0.25, 0.3) is 0 Å². The zero-order chi connectivity index (χ0) is 13.7. The van der Waals surface area contributed by atoms with Gasteiger partial charge in [0.1, 0.15) is 0 Å². The van der Waals surface area contributed by atoms with E-state index in [-0.39, 0.29) is 10.8 Å². The molecule has 1 fully saturated rings. The van der Waals surface area contributed by atoms with Gasteiger partial charge in [0.2, 0.25) is 0 Å². The van der Waals surface area contributed by atoms with Gasteiger partial charge in [-0.2, -0.15) is 0 Å². The summed E-state index contributed by atoms with van der Waals surface area (Å²) in [5.74, 6) is 0.856. The zero-order valence-corrected chi connectivity index (χ0v) is 13.6. The standard InChI is InChI=1S/C14H16Cl4/c1-8-11(13(8,2)3)12(16)14(17,18)9-4-6-10(15)7-5-9/h4-8,11-12H,1-3H3/t8-,11+,12?/m1/s1. The van der Waals surface area contributed by atoms with Gasteiger partial charge >= 0.3 is 0 Å². The van der Waals surface area contributed by atoms with Crippen LogP contribution in [-0.2, 0) is 4.33 Å². The van der Waals surface area contributed by atoms with E-state index >= 15 is 0 Å². The second-order valence-electron chi connectivity index (χ2n) is 5.67. The average molecular weight is 326 g/mol. The quantitative estimate of drug-likeness (QED) is 0.609. The molecule has 1 aliphatic carbocycles. The Kier molecular flexibility index (Phi) is 3.89. The van der Waals surface area contributed by atoms with E-state index in [0.29, 0.717) is 16.9 Å². The molecule has 0 spiro atoms. The highest BCUT2D eigenvalue weighted by atomic mass is 35.5. The van der Waals surface area contributed by atoms with Gasteiger partial charge in [-0.15, -0.1) is 11.6 Å². The molecule has 0 N–H and O–H groups in total. The summed E-state index contributed by atoms with van der Waals surface area (Å²) in [6.07, 6.45) is 0. The molecule has 0 amide bonds. The van der Waals surface area contributed by atoms with Crippen molar-refractivity contribution in [1.82, 2.24) is 0 Å². The number of rotatable bonds is 3. The van der Waals surface area contributed by atoms with Gasteiger partial charge in [0.05, 0.1) is 5.38 Å². The van der Waals surface area contributed by atoms with Crippen LogP contribution in [0.5, 0.6) is 0 Å². The zero-order valence-electron chi connectivity index (χ0n) is 10.6. The first kappa shape index (κ1) is 14.8. The van der Waals surface area contributed by atoms with Gasteiger partial charge in [-0.25, -0.2) is 0 Å². The molecular formula is C14H16Cl4. The third kappa shape index (κ3) is 2.38. The molecule has 0 heterocycles. The van der Waals surface area contributed by atoms with Crippen molar-refractivity contribution in [3.8, 4) is 0 Å². The highest BCUT2D eigenvalue weighted by Gasteiger charge is 2.61. The molecule has 18 heavy (non-hydrogen) atoms. The van der Waals surface area contributed by atoms with E-state index in [1.165, 1.54) is 0 Å². The van der Waals surface area contributed by atoms with Crippen molar-refractivity contribution < 1.29 is 0 Å². The second kappa shape index (κ2) is 4.74. The Morgan fingerprint density at radius 1 is 1.17 bits per heavy atom. The van der Waals surface area contributed by atoms with E-state index in [9.17, 15) is 0 Å². The largest absolute Gasteiger partial charge is 0.159 e. The molecule has 1 aromatic rings. The fourth-order valence-corrected chi connectivity index (χ4v) is 3.95. The predicted molar refractivity (Wildman–Crippen MR) is 80.9 cm³/mol. The molecule has 1 unspecified atom stereocenters. The Balaban J connectivity index is 2.24. The van der Waals surface area contributed by atoms with E-state index in [4.69, 9.17) is 46.4 Å². The summed E-state index contributed by atoms with van der Waals surface area (Å²) >= 11 is 25.4. The topological polar surface area (TPSA) is 0 Å². The first-order chi connectivity index (χ1) is 8.19. The van der Waals surface area contributed by atoms with E-state index in [0.717, 1.165) is 5.56 Å². The maximum absolute atomic E-state index is 6.53. The first-order valence-electron chi connectivity index (χ1n) is 5.97. The molecule has 0 bridgehead atoms. The maximum atomic E-state index is 6.53. The molecule has 0 aliphatic heterocycles. The van der Waals surface area contributed by atoms with Crippen molar-refractivity contribution in [1.29, 1.82) is 0 Å². The number of benzene rings is 1. The summed E-state index contributed by atoms with van der Waals surface area (Å²) in [5.41, 5.74) is 0.999.